The fourth-order valence-electron chi connectivity index (χ4n) is 1.75. The maximum Gasteiger partial charge on any atom is 0.355 e. The Bertz CT molecular complexity index is 625. The standard InChI is InChI=1S/C11H13N3O5S/c12-1-4-19-11(15)10-7-9(8-13-10)20(16,17)14-2-5-18-6-3-14/h7-8,13H,2-6H2. The van der Waals surface area contributed by atoms with Crippen molar-refractivity contribution in [2.75, 3.05) is 32.9 Å². The smallest absolute Gasteiger partial charge is 0.355 e. The fourth-order valence-corrected chi connectivity index (χ4v) is 3.16. The highest BCUT2D eigenvalue weighted by molar-refractivity contribution is 7.89. The number of rotatable bonds is 4. The van der Waals surface area contributed by atoms with Crippen LogP contribution in [0.25, 0.3) is 0 Å². The van der Waals surface area contributed by atoms with Crippen LogP contribution in [0.4, 0.5) is 0 Å². The molecule has 0 unspecified atom stereocenters. The van der Waals surface area contributed by atoms with Crippen molar-refractivity contribution in [3.8, 4) is 6.07 Å². The van der Waals surface area contributed by atoms with Crippen LogP contribution < -0.4 is 0 Å². The summed E-state index contributed by atoms with van der Waals surface area (Å²) in [7, 11) is -3.65. The molecular formula is C11H13N3O5S. The number of nitriles is 1. The van der Waals surface area contributed by atoms with E-state index >= 15 is 0 Å². The van der Waals surface area contributed by atoms with Crippen molar-refractivity contribution in [1.29, 1.82) is 5.26 Å². The molecule has 0 radical (unpaired) electrons. The number of aromatic amines is 1. The lowest BCUT2D eigenvalue weighted by molar-refractivity contribution is 0.0549. The molecule has 1 aromatic heterocycles. The van der Waals surface area contributed by atoms with Crippen LogP contribution in [-0.2, 0) is 19.5 Å². The predicted molar refractivity (Wildman–Crippen MR) is 66.3 cm³/mol. The third kappa shape index (κ3) is 2.98. The van der Waals surface area contributed by atoms with Gasteiger partial charge in [-0.05, 0) is 6.07 Å². The average Bonchev–Trinajstić information content (AvgIpc) is 2.96. The van der Waals surface area contributed by atoms with E-state index in [9.17, 15) is 13.2 Å². The zero-order chi connectivity index (χ0) is 14.6. The summed E-state index contributed by atoms with van der Waals surface area (Å²) in [6.07, 6.45) is 1.23. The van der Waals surface area contributed by atoms with E-state index in [0.29, 0.717) is 13.2 Å². The fraction of sp³-hybridized carbons (Fsp3) is 0.455. The van der Waals surface area contributed by atoms with E-state index in [4.69, 9.17) is 10.00 Å². The number of sulfonamides is 1. The predicted octanol–water partition coefficient (Wildman–Crippen LogP) is -0.284. The van der Waals surface area contributed by atoms with Gasteiger partial charge in [0.25, 0.3) is 0 Å². The quantitative estimate of drug-likeness (QED) is 0.765. The summed E-state index contributed by atoms with van der Waals surface area (Å²) < 4.78 is 35.6. The highest BCUT2D eigenvalue weighted by Gasteiger charge is 2.28. The van der Waals surface area contributed by atoms with Crippen LogP contribution in [0.5, 0.6) is 0 Å². The number of nitrogens with zero attached hydrogens (tertiary/aromatic N) is 2. The van der Waals surface area contributed by atoms with E-state index in [1.165, 1.54) is 16.6 Å². The SMILES string of the molecule is N#CCOC(=O)c1cc(S(=O)(=O)N2CCOCC2)c[nH]1. The van der Waals surface area contributed by atoms with Gasteiger partial charge in [0.15, 0.2) is 6.61 Å². The summed E-state index contributed by atoms with van der Waals surface area (Å²) in [4.78, 5) is 14.0. The minimum Gasteiger partial charge on any atom is -0.446 e. The second kappa shape index (κ2) is 6.04. The molecule has 0 amide bonds. The number of nitrogens with one attached hydrogen (secondary N) is 1. The monoisotopic (exact) mass is 299 g/mol. The van der Waals surface area contributed by atoms with Crippen molar-refractivity contribution in [3.05, 3.63) is 18.0 Å². The number of carbonyl (C=O) groups excluding carboxylic acids is 1. The Kier molecular flexibility index (Phi) is 4.39. The first-order chi connectivity index (χ1) is 9.55. The highest BCUT2D eigenvalue weighted by atomic mass is 32.2. The van der Waals surface area contributed by atoms with Gasteiger partial charge in [0.05, 0.1) is 13.2 Å². The average molecular weight is 299 g/mol. The lowest BCUT2D eigenvalue weighted by atomic mass is 10.4. The maximum absolute atomic E-state index is 12.3. The molecule has 1 N–H and O–H groups in total. The summed E-state index contributed by atoms with van der Waals surface area (Å²) in [5.74, 6) is -0.769. The van der Waals surface area contributed by atoms with E-state index in [1.54, 1.807) is 6.07 Å². The van der Waals surface area contributed by atoms with Gasteiger partial charge >= 0.3 is 5.97 Å². The van der Waals surface area contributed by atoms with Crippen LogP contribution >= 0.6 is 0 Å². The van der Waals surface area contributed by atoms with Gasteiger partial charge in [-0.1, -0.05) is 0 Å². The molecule has 0 aromatic carbocycles. The van der Waals surface area contributed by atoms with Crippen LogP contribution in [0.1, 0.15) is 10.5 Å². The molecule has 1 saturated heterocycles. The number of ether oxygens (including phenoxy) is 2. The zero-order valence-corrected chi connectivity index (χ0v) is 11.4. The molecule has 0 spiro atoms. The molecule has 2 heterocycles. The summed E-state index contributed by atoms with van der Waals surface area (Å²) in [6, 6.07) is 2.86. The topological polar surface area (TPSA) is 112 Å². The van der Waals surface area contributed by atoms with Crippen molar-refractivity contribution >= 4 is 16.0 Å². The molecule has 1 fully saturated rings. The van der Waals surface area contributed by atoms with Crippen LogP contribution in [0.2, 0.25) is 0 Å². The molecule has 8 nitrogen and oxygen atoms in total. The second-order valence-electron chi connectivity index (χ2n) is 4.00. The number of hydrogen-bond donors (Lipinski definition) is 1. The van der Waals surface area contributed by atoms with E-state index in [2.05, 4.69) is 9.72 Å². The Morgan fingerprint density at radius 1 is 1.50 bits per heavy atom. The number of esters is 1. The second-order valence-corrected chi connectivity index (χ2v) is 5.94. The van der Waals surface area contributed by atoms with E-state index in [-0.39, 0.29) is 30.3 Å². The molecule has 0 aliphatic carbocycles. The van der Waals surface area contributed by atoms with Crippen LogP contribution in [0, 0.1) is 11.3 Å². The Morgan fingerprint density at radius 2 is 2.20 bits per heavy atom. The first kappa shape index (κ1) is 14.5. The van der Waals surface area contributed by atoms with E-state index in [1.807, 2.05) is 0 Å². The Hall–Kier alpha value is -1.89. The summed E-state index contributed by atoms with van der Waals surface area (Å²) in [5, 5.41) is 8.31. The van der Waals surface area contributed by atoms with Crippen LogP contribution in [0.3, 0.4) is 0 Å². The molecule has 0 saturated carbocycles. The Morgan fingerprint density at radius 3 is 2.85 bits per heavy atom. The van der Waals surface area contributed by atoms with Crippen molar-refractivity contribution in [2.45, 2.75) is 4.90 Å². The third-order valence-electron chi connectivity index (χ3n) is 2.75. The summed E-state index contributed by atoms with van der Waals surface area (Å²) in [6.45, 7) is 0.869. The van der Waals surface area contributed by atoms with E-state index in [0.717, 1.165) is 0 Å². The zero-order valence-electron chi connectivity index (χ0n) is 10.5. The number of carbonyl (C=O) groups is 1. The van der Waals surface area contributed by atoms with Gasteiger partial charge in [-0.15, -0.1) is 0 Å². The first-order valence-corrected chi connectivity index (χ1v) is 7.30. The van der Waals surface area contributed by atoms with Gasteiger partial charge in [0.2, 0.25) is 10.0 Å². The van der Waals surface area contributed by atoms with Crippen molar-refractivity contribution in [3.63, 3.8) is 0 Å². The van der Waals surface area contributed by atoms with Crippen molar-refractivity contribution in [2.24, 2.45) is 0 Å². The molecule has 2 rings (SSSR count). The third-order valence-corrected chi connectivity index (χ3v) is 4.63. The van der Waals surface area contributed by atoms with Crippen LogP contribution in [0.15, 0.2) is 17.2 Å². The maximum atomic E-state index is 12.3. The van der Waals surface area contributed by atoms with Crippen LogP contribution in [-0.4, -0.2) is 56.6 Å². The molecule has 108 valence electrons. The van der Waals surface area contributed by atoms with Crippen molar-refractivity contribution < 1.29 is 22.7 Å². The number of morpholine rings is 1. The van der Waals surface area contributed by atoms with Gasteiger partial charge in [0.1, 0.15) is 16.7 Å². The summed E-state index contributed by atoms with van der Waals surface area (Å²) in [5.41, 5.74) is -0.00733. The summed E-state index contributed by atoms with van der Waals surface area (Å²) >= 11 is 0. The number of aromatic nitrogens is 1. The van der Waals surface area contributed by atoms with Gasteiger partial charge in [-0.25, -0.2) is 13.2 Å². The molecule has 20 heavy (non-hydrogen) atoms. The first-order valence-electron chi connectivity index (χ1n) is 5.86. The molecule has 1 aromatic rings. The lowest BCUT2D eigenvalue weighted by Crippen LogP contribution is -2.40. The molecule has 0 bridgehead atoms. The van der Waals surface area contributed by atoms with Gasteiger partial charge in [-0.2, -0.15) is 9.57 Å². The minimum absolute atomic E-state index is 0.00733. The van der Waals surface area contributed by atoms with Gasteiger partial charge in [-0.3, -0.25) is 0 Å². The van der Waals surface area contributed by atoms with Gasteiger partial charge in [0, 0.05) is 19.3 Å². The Balaban J connectivity index is 2.15. The molecule has 1 aliphatic heterocycles. The molecule has 0 atom stereocenters. The lowest BCUT2D eigenvalue weighted by Gasteiger charge is -2.25. The van der Waals surface area contributed by atoms with E-state index < -0.39 is 16.0 Å². The van der Waals surface area contributed by atoms with Gasteiger partial charge < -0.3 is 14.5 Å². The molecule has 9 heteroatoms. The highest BCUT2D eigenvalue weighted by Crippen LogP contribution is 2.18. The largest absolute Gasteiger partial charge is 0.446 e. The minimum atomic E-state index is -3.65. The normalized spacial score (nSPS) is 16.6. The van der Waals surface area contributed by atoms with Crippen molar-refractivity contribution in [1.82, 2.24) is 9.29 Å². The molecule has 1 aliphatic rings. The number of H-pyrrole nitrogens is 1. The molecular weight excluding hydrogens is 286 g/mol. The Labute approximate surface area is 115 Å². The number of hydrogen-bond acceptors (Lipinski definition) is 6.